The summed E-state index contributed by atoms with van der Waals surface area (Å²) in [4.78, 5) is 39.4. The number of amides is 1. The number of furan rings is 2. The molecular weight excluding hydrogens is 700 g/mol. The molecule has 6 heterocycles. The lowest BCUT2D eigenvalue weighted by atomic mass is 10.1. The molecule has 0 aliphatic heterocycles. The first kappa shape index (κ1) is 34.7. The Bertz CT molecular complexity index is 2650. The Labute approximate surface area is 303 Å². The molecule has 0 saturated heterocycles. The Morgan fingerprint density at radius 3 is 2.15 bits per heavy atom. The van der Waals surface area contributed by atoms with Crippen molar-refractivity contribution in [3.05, 3.63) is 106 Å². The van der Waals surface area contributed by atoms with Crippen LogP contribution in [0.1, 0.15) is 27.2 Å². The fourth-order valence-corrected chi connectivity index (χ4v) is 5.57. The van der Waals surface area contributed by atoms with Gasteiger partial charge in [-0.1, -0.05) is 22.6 Å². The first-order chi connectivity index (χ1) is 26.1. The van der Waals surface area contributed by atoms with E-state index < -0.39 is 4.92 Å². The second-order valence-corrected chi connectivity index (χ2v) is 11.6. The lowest BCUT2D eigenvalue weighted by molar-refractivity contribution is -0.384. The molecule has 54 heavy (non-hydrogen) atoms. The van der Waals surface area contributed by atoms with Gasteiger partial charge in [0.15, 0.2) is 33.8 Å². The van der Waals surface area contributed by atoms with Crippen molar-refractivity contribution in [3.8, 4) is 28.7 Å². The maximum absolute atomic E-state index is 11.8. The highest BCUT2D eigenvalue weighted by Gasteiger charge is 2.20. The summed E-state index contributed by atoms with van der Waals surface area (Å²) in [6, 6.07) is 18.7. The third kappa shape index (κ3) is 6.93. The minimum Gasteiger partial charge on any atom is -0.496 e. The fourth-order valence-electron chi connectivity index (χ4n) is 5.57. The van der Waals surface area contributed by atoms with Crippen molar-refractivity contribution < 1.29 is 23.3 Å². The van der Waals surface area contributed by atoms with Crippen LogP contribution in [-0.4, -0.2) is 74.9 Å². The second kappa shape index (κ2) is 14.5. The third-order valence-corrected chi connectivity index (χ3v) is 8.03. The molecule has 0 radical (unpaired) electrons. The fraction of sp³-hybridized carbons (Fsp3) is 0.147. The van der Waals surface area contributed by atoms with Crippen LogP contribution in [0.2, 0.25) is 0 Å². The van der Waals surface area contributed by atoms with Gasteiger partial charge in [0.05, 0.1) is 31.4 Å². The largest absolute Gasteiger partial charge is 0.496 e. The van der Waals surface area contributed by atoms with Crippen molar-refractivity contribution in [2.45, 2.75) is 20.0 Å². The smallest absolute Gasteiger partial charge is 0.270 e. The van der Waals surface area contributed by atoms with E-state index in [0.29, 0.717) is 68.7 Å². The summed E-state index contributed by atoms with van der Waals surface area (Å²) in [6.07, 6.45) is 1.51. The molecule has 0 unspecified atom stereocenters. The van der Waals surface area contributed by atoms with Crippen LogP contribution in [0.4, 0.5) is 17.6 Å². The zero-order valence-electron chi connectivity index (χ0n) is 28.9. The van der Waals surface area contributed by atoms with E-state index in [-0.39, 0.29) is 30.0 Å². The summed E-state index contributed by atoms with van der Waals surface area (Å²) in [5, 5.41) is 30.3. The number of nitro benzene ring substituents is 1. The van der Waals surface area contributed by atoms with Crippen molar-refractivity contribution >= 4 is 45.8 Å². The number of nitrogen functional groups attached to an aromatic ring is 2. The van der Waals surface area contributed by atoms with Gasteiger partial charge in [-0.05, 0) is 55.0 Å². The molecule has 0 fully saturated rings. The van der Waals surface area contributed by atoms with E-state index in [4.69, 9.17) is 25.0 Å². The molecule has 0 saturated carbocycles. The predicted octanol–water partition coefficient (Wildman–Crippen LogP) is 3.81. The first-order valence-corrected chi connectivity index (χ1v) is 16.1. The number of nitro groups is 1. The molecule has 20 nitrogen and oxygen atoms in total. The number of nitrogens with two attached hydrogens (primary N) is 2. The molecule has 0 atom stereocenters. The Morgan fingerprint density at radius 1 is 0.870 bits per heavy atom. The van der Waals surface area contributed by atoms with Gasteiger partial charge in [0.2, 0.25) is 11.9 Å². The van der Waals surface area contributed by atoms with Crippen molar-refractivity contribution in [1.29, 1.82) is 0 Å². The van der Waals surface area contributed by atoms with Gasteiger partial charge in [0.25, 0.3) is 11.6 Å². The van der Waals surface area contributed by atoms with Crippen LogP contribution >= 0.6 is 0 Å². The van der Waals surface area contributed by atoms with Crippen molar-refractivity contribution in [3.63, 3.8) is 0 Å². The molecule has 5 N–H and O–H groups in total. The summed E-state index contributed by atoms with van der Waals surface area (Å²) in [5.74, 6) is 2.26. The van der Waals surface area contributed by atoms with Crippen molar-refractivity contribution in [2.24, 2.45) is 0 Å². The average molecular weight is 731 g/mol. The lowest BCUT2D eigenvalue weighted by Crippen LogP contribution is -2.18. The van der Waals surface area contributed by atoms with E-state index in [2.05, 4.69) is 45.9 Å². The lowest BCUT2D eigenvalue weighted by Gasteiger charge is -2.08. The number of nitrogens with zero attached hydrogens (tertiary/aromatic N) is 11. The molecule has 8 rings (SSSR count). The van der Waals surface area contributed by atoms with Crippen LogP contribution in [0.3, 0.4) is 0 Å². The zero-order chi connectivity index (χ0) is 37.9. The number of benzene rings is 2. The highest BCUT2D eigenvalue weighted by atomic mass is 16.6. The number of non-ortho nitro benzene ring substituents is 1. The number of carbonyl (C=O) groups excluding carboxylic acids is 1. The summed E-state index contributed by atoms with van der Waals surface area (Å²) >= 11 is 0. The van der Waals surface area contributed by atoms with Crippen LogP contribution in [0.5, 0.6) is 5.75 Å². The minimum absolute atomic E-state index is 0.0310. The van der Waals surface area contributed by atoms with Crippen LogP contribution in [-0.2, 0) is 13.1 Å². The number of hydrogen-bond donors (Lipinski definition) is 3. The summed E-state index contributed by atoms with van der Waals surface area (Å²) in [5.41, 5.74) is 16.4. The van der Waals surface area contributed by atoms with Gasteiger partial charge in [0, 0.05) is 30.3 Å². The SMILES string of the molecule is CNC(=O)c1cccc(Cn2nnc3c(-c4ccc(C)o4)nc(N)nc32)c1.COc1ccc([N+](=O)[O-])cc1Cn1nnc2c(-c3ccco3)nc(N)nc21. The number of aryl methyl sites for hydroxylation is 1. The monoisotopic (exact) mass is 730 g/mol. The second-order valence-electron chi connectivity index (χ2n) is 11.6. The van der Waals surface area contributed by atoms with Gasteiger partial charge in [-0.2, -0.15) is 9.97 Å². The number of nitrogens with one attached hydrogen (secondary N) is 1. The number of fused-ring (bicyclic) bond motifs is 2. The summed E-state index contributed by atoms with van der Waals surface area (Å²) in [7, 11) is 3.08. The maximum atomic E-state index is 11.8. The van der Waals surface area contributed by atoms with E-state index in [1.165, 1.54) is 36.3 Å². The molecule has 1 amide bonds. The predicted molar refractivity (Wildman–Crippen MR) is 193 cm³/mol. The maximum Gasteiger partial charge on any atom is 0.270 e. The number of rotatable bonds is 9. The van der Waals surface area contributed by atoms with Gasteiger partial charge in [-0.25, -0.2) is 19.3 Å². The Hall–Kier alpha value is -7.77. The van der Waals surface area contributed by atoms with Crippen LogP contribution in [0.15, 0.2) is 81.8 Å². The standard InChI is InChI=1S/C18H17N7O2.C16H13N7O4/c1-10-6-7-13(27-10)14-15-16(22-18(19)21-14)25(24-23-15)9-11-4-3-5-12(8-11)17(26)20-2;1-26-11-5-4-10(23(24)25)7-9(11)8-22-15-14(20-21-22)13(18-16(17)19-15)12-3-2-6-27-12/h3-8H,9H2,1-2H3,(H,20,26)(H2,19,21,22);2-7H,8H2,1H3,(H2,17,18,19). The van der Waals surface area contributed by atoms with E-state index in [1.807, 2.05) is 31.2 Å². The number of hydrogen-bond acceptors (Lipinski definition) is 16. The quantitative estimate of drug-likeness (QED) is 0.141. The molecule has 2 aromatic carbocycles. The van der Waals surface area contributed by atoms with Crippen LogP contribution < -0.4 is 21.5 Å². The molecule has 0 aliphatic carbocycles. The molecule has 6 aromatic heterocycles. The van der Waals surface area contributed by atoms with Gasteiger partial charge >= 0.3 is 0 Å². The van der Waals surface area contributed by atoms with Gasteiger partial charge in [0.1, 0.15) is 22.9 Å². The van der Waals surface area contributed by atoms with Crippen molar-refractivity contribution in [2.75, 3.05) is 25.6 Å². The topological polar surface area (TPSA) is 273 Å². The molecule has 20 heteroatoms. The molecule has 0 bridgehead atoms. The van der Waals surface area contributed by atoms with E-state index >= 15 is 0 Å². The molecule has 8 aromatic rings. The van der Waals surface area contributed by atoms with Crippen LogP contribution in [0, 0.1) is 17.0 Å². The number of methoxy groups -OCH3 is 1. The normalized spacial score (nSPS) is 11.0. The number of ether oxygens (including phenoxy) is 1. The van der Waals surface area contributed by atoms with E-state index in [0.717, 1.165) is 11.3 Å². The number of aromatic nitrogens is 10. The van der Waals surface area contributed by atoms with Gasteiger partial charge in [-0.3, -0.25) is 14.9 Å². The molecule has 0 aliphatic rings. The van der Waals surface area contributed by atoms with Crippen molar-refractivity contribution in [1.82, 2.24) is 55.2 Å². The summed E-state index contributed by atoms with van der Waals surface area (Å²) < 4.78 is 19.4. The van der Waals surface area contributed by atoms with Gasteiger partial charge in [-0.15, -0.1) is 10.2 Å². The van der Waals surface area contributed by atoms with E-state index in [1.54, 1.807) is 36.0 Å². The number of carbonyl (C=O) groups is 1. The molecule has 0 spiro atoms. The molecular formula is C34H30N14O6. The Morgan fingerprint density at radius 2 is 1.56 bits per heavy atom. The first-order valence-electron chi connectivity index (χ1n) is 16.1. The third-order valence-electron chi connectivity index (χ3n) is 8.03. The summed E-state index contributed by atoms with van der Waals surface area (Å²) in [6.45, 7) is 2.38. The highest BCUT2D eigenvalue weighted by Crippen LogP contribution is 2.29. The Balaban J connectivity index is 0.000000167. The average Bonchev–Trinajstić information content (AvgIpc) is 4.00. The highest BCUT2D eigenvalue weighted by molar-refractivity contribution is 5.94. The molecule has 272 valence electrons. The number of anilines is 2. The van der Waals surface area contributed by atoms with Crippen LogP contribution in [0.25, 0.3) is 45.2 Å². The van der Waals surface area contributed by atoms with E-state index in [9.17, 15) is 14.9 Å². The Kier molecular flexibility index (Phi) is 9.28. The van der Waals surface area contributed by atoms with Gasteiger partial charge < -0.3 is 30.4 Å². The zero-order valence-corrected chi connectivity index (χ0v) is 28.9. The minimum atomic E-state index is -0.475.